The van der Waals surface area contributed by atoms with Gasteiger partial charge in [-0.1, -0.05) is 0 Å². The Labute approximate surface area is 114 Å². The quantitative estimate of drug-likeness (QED) is 0.942. The lowest BCUT2D eigenvalue weighted by Crippen LogP contribution is -2.05. The van der Waals surface area contributed by atoms with Crippen molar-refractivity contribution in [3.05, 3.63) is 34.2 Å². The maximum Gasteiger partial charge on any atom is 0.169 e. The van der Waals surface area contributed by atoms with E-state index >= 15 is 0 Å². The molecular weight excluding hydrogens is 296 g/mol. The van der Waals surface area contributed by atoms with Crippen molar-refractivity contribution in [2.45, 2.75) is 13.5 Å². The highest BCUT2D eigenvalue weighted by molar-refractivity contribution is 9.10. The van der Waals surface area contributed by atoms with E-state index in [4.69, 9.17) is 4.74 Å². The number of nitrogens with zero attached hydrogens (tertiary/aromatic N) is 3. The van der Waals surface area contributed by atoms with Gasteiger partial charge in [-0.2, -0.15) is 5.10 Å². The third kappa shape index (κ3) is 2.81. The van der Waals surface area contributed by atoms with Gasteiger partial charge in [0, 0.05) is 18.9 Å². The van der Waals surface area contributed by atoms with Gasteiger partial charge >= 0.3 is 0 Å². The van der Waals surface area contributed by atoms with Crippen LogP contribution < -0.4 is 10.1 Å². The fourth-order valence-corrected chi connectivity index (χ4v) is 2.14. The van der Waals surface area contributed by atoms with Gasteiger partial charge in [0.05, 0.1) is 23.8 Å². The number of ether oxygens (including phenoxy) is 1. The molecule has 1 N–H and O–H groups in total. The van der Waals surface area contributed by atoms with Crippen molar-refractivity contribution in [2.24, 2.45) is 7.05 Å². The Hall–Kier alpha value is -1.56. The Kier molecular flexibility index (Phi) is 3.86. The zero-order valence-electron chi connectivity index (χ0n) is 10.6. The number of nitrogens with one attached hydrogen (secondary N) is 1. The first-order valence-electron chi connectivity index (χ1n) is 5.53. The molecule has 0 saturated heterocycles. The molecular formula is C12H15BrN4O. The second kappa shape index (κ2) is 5.39. The summed E-state index contributed by atoms with van der Waals surface area (Å²) in [6, 6.07) is 3.82. The number of methoxy groups -OCH3 is 1. The minimum absolute atomic E-state index is 0.592. The van der Waals surface area contributed by atoms with Gasteiger partial charge in [0.15, 0.2) is 11.6 Å². The van der Waals surface area contributed by atoms with Crippen LogP contribution in [0.15, 0.2) is 22.8 Å². The number of hydrogen-bond acceptors (Lipinski definition) is 4. The van der Waals surface area contributed by atoms with E-state index < -0.39 is 0 Å². The Balaban J connectivity index is 2.14. The molecule has 0 aliphatic carbocycles. The number of rotatable bonds is 4. The molecule has 0 spiro atoms. The number of hydrogen-bond donors (Lipinski definition) is 1. The number of pyridine rings is 1. The molecule has 0 unspecified atom stereocenters. The summed E-state index contributed by atoms with van der Waals surface area (Å²) in [5.41, 5.74) is 1.88. The Bertz CT molecular complexity index is 553. The number of anilines is 1. The van der Waals surface area contributed by atoms with Gasteiger partial charge in [-0.3, -0.25) is 4.68 Å². The highest BCUT2D eigenvalue weighted by Gasteiger charge is 2.08. The van der Waals surface area contributed by atoms with Crippen molar-refractivity contribution in [2.75, 3.05) is 12.4 Å². The Morgan fingerprint density at radius 3 is 2.83 bits per heavy atom. The van der Waals surface area contributed by atoms with Crippen LogP contribution in [-0.4, -0.2) is 21.9 Å². The molecule has 0 amide bonds. The summed E-state index contributed by atoms with van der Waals surface area (Å²) in [7, 11) is 3.52. The maximum absolute atomic E-state index is 5.26. The fraction of sp³-hybridized carbons (Fsp3) is 0.333. The summed E-state index contributed by atoms with van der Waals surface area (Å²) in [6.07, 6.45) is 1.91. The Morgan fingerprint density at radius 1 is 1.44 bits per heavy atom. The minimum Gasteiger partial charge on any atom is -0.493 e. The molecule has 96 valence electrons. The van der Waals surface area contributed by atoms with Crippen LogP contribution in [0.2, 0.25) is 0 Å². The van der Waals surface area contributed by atoms with Gasteiger partial charge in [-0.15, -0.1) is 0 Å². The molecule has 2 aromatic heterocycles. The molecule has 2 aromatic rings. The molecule has 0 radical (unpaired) electrons. The van der Waals surface area contributed by atoms with Crippen LogP contribution >= 0.6 is 15.9 Å². The van der Waals surface area contributed by atoms with Crippen LogP contribution in [0, 0.1) is 6.92 Å². The third-order valence-electron chi connectivity index (χ3n) is 2.49. The molecule has 2 heterocycles. The molecule has 0 aromatic carbocycles. The van der Waals surface area contributed by atoms with E-state index in [0.29, 0.717) is 6.54 Å². The Morgan fingerprint density at radius 2 is 2.22 bits per heavy atom. The topological polar surface area (TPSA) is 52.0 Å². The normalized spacial score (nSPS) is 10.4. The lowest BCUT2D eigenvalue weighted by molar-refractivity contribution is 0.414. The highest BCUT2D eigenvalue weighted by atomic mass is 79.9. The summed E-state index contributed by atoms with van der Waals surface area (Å²) in [5.74, 6) is 1.46. The highest BCUT2D eigenvalue weighted by Crippen LogP contribution is 2.23. The second-order valence-corrected chi connectivity index (χ2v) is 4.81. The standard InChI is InChI=1S/C12H15BrN4O/c1-8-4-5-11(18-3)12(15-8)14-6-10-9(13)7-17(2)16-10/h4-5,7H,6H2,1-3H3,(H,14,15). The largest absolute Gasteiger partial charge is 0.493 e. The number of aromatic nitrogens is 3. The van der Waals surface area contributed by atoms with Crippen LogP contribution in [-0.2, 0) is 13.6 Å². The first-order chi connectivity index (χ1) is 8.60. The number of halogens is 1. The van der Waals surface area contributed by atoms with Gasteiger partial charge in [0.2, 0.25) is 0 Å². The van der Waals surface area contributed by atoms with E-state index in [0.717, 1.165) is 27.4 Å². The lowest BCUT2D eigenvalue weighted by atomic mass is 10.3. The third-order valence-corrected chi connectivity index (χ3v) is 3.16. The molecule has 0 aliphatic heterocycles. The van der Waals surface area contributed by atoms with Crippen molar-refractivity contribution >= 4 is 21.7 Å². The van der Waals surface area contributed by atoms with E-state index in [1.54, 1.807) is 11.8 Å². The van der Waals surface area contributed by atoms with Crippen LogP contribution in [0.5, 0.6) is 5.75 Å². The van der Waals surface area contributed by atoms with Crippen molar-refractivity contribution in [3.8, 4) is 5.75 Å². The average Bonchev–Trinajstić information content (AvgIpc) is 2.65. The molecule has 18 heavy (non-hydrogen) atoms. The van der Waals surface area contributed by atoms with E-state index in [-0.39, 0.29) is 0 Å². The monoisotopic (exact) mass is 310 g/mol. The number of aryl methyl sites for hydroxylation is 2. The molecule has 0 atom stereocenters. The molecule has 2 rings (SSSR count). The van der Waals surface area contributed by atoms with E-state index in [9.17, 15) is 0 Å². The molecule has 6 heteroatoms. The first-order valence-corrected chi connectivity index (χ1v) is 6.33. The maximum atomic E-state index is 5.26. The van der Waals surface area contributed by atoms with Crippen molar-refractivity contribution in [1.29, 1.82) is 0 Å². The van der Waals surface area contributed by atoms with Gasteiger partial charge in [0.1, 0.15) is 0 Å². The van der Waals surface area contributed by atoms with E-state index in [2.05, 4.69) is 31.3 Å². The zero-order valence-corrected chi connectivity index (χ0v) is 12.2. The minimum atomic E-state index is 0.592. The predicted molar refractivity (Wildman–Crippen MR) is 73.8 cm³/mol. The van der Waals surface area contributed by atoms with Crippen molar-refractivity contribution < 1.29 is 4.74 Å². The molecule has 5 nitrogen and oxygen atoms in total. The summed E-state index contributed by atoms with van der Waals surface area (Å²) in [5, 5.41) is 7.58. The fourth-order valence-electron chi connectivity index (χ4n) is 1.63. The summed E-state index contributed by atoms with van der Waals surface area (Å²) in [4.78, 5) is 4.41. The lowest BCUT2D eigenvalue weighted by Gasteiger charge is -2.09. The second-order valence-electron chi connectivity index (χ2n) is 3.95. The molecule has 0 saturated carbocycles. The summed E-state index contributed by atoms with van der Waals surface area (Å²) < 4.78 is 8.00. The van der Waals surface area contributed by atoms with Crippen molar-refractivity contribution in [3.63, 3.8) is 0 Å². The van der Waals surface area contributed by atoms with Crippen LogP contribution in [0.1, 0.15) is 11.4 Å². The SMILES string of the molecule is COc1ccc(C)nc1NCc1nn(C)cc1Br. The van der Waals surface area contributed by atoms with E-state index in [1.807, 2.05) is 32.3 Å². The predicted octanol–water partition coefficient (Wildman–Crippen LogP) is 2.51. The summed E-state index contributed by atoms with van der Waals surface area (Å²) >= 11 is 3.47. The van der Waals surface area contributed by atoms with Gasteiger partial charge in [-0.25, -0.2) is 4.98 Å². The molecule has 0 fully saturated rings. The van der Waals surface area contributed by atoms with Crippen LogP contribution in [0.25, 0.3) is 0 Å². The molecule has 0 bridgehead atoms. The molecule has 0 aliphatic rings. The van der Waals surface area contributed by atoms with Crippen molar-refractivity contribution in [1.82, 2.24) is 14.8 Å². The van der Waals surface area contributed by atoms with E-state index in [1.165, 1.54) is 0 Å². The first kappa shape index (κ1) is 12.9. The van der Waals surface area contributed by atoms with Crippen LogP contribution in [0.4, 0.5) is 5.82 Å². The zero-order chi connectivity index (χ0) is 13.1. The summed E-state index contributed by atoms with van der Waals surface area (Å²) in [6.45, 7) is 2.54. The van der Waals surface area contributed by atoms with Gasteiger partial charge in [-0.05, 0) is 35.0 Å². The van der Waals surface area contributed by atoms with Gasteiger partial charge in [0.25, 0.3) is 0 Å². The average molecular weight is 311 g/mol. The van der Waals surface area contributed by atoms with Crippen LogP contribution in [0.3, 0.4) is 0 Å². The smallest absolute Gasteiger partial charge is 0.169 e. The van der Waals surface area contributed by atoms with Gasteiger partial charge < -0.3 is 10.1 Å².